The molecule has 1 aliphatic rings. The fourth-order valence-corrected chi connectivity index (χ4v) is 4.67. The summed E-state index contributed by atoms with van der Waals surface area (Å²) in [5, 5.41) is 2.98. The zero-order valence-electron chi connectivity index (χ0n) is 19.4. The summed E-state index contributed by atoms with van der Waals surface area (Å²) >= 11 is 1.63. The number of piperazine rings is 1. The SMILES string of the molecule is CSc1cccc(NC(=O)N2CCN(c3nc4cccnc4n(Cc4ccccc4)c3=O)CC2)c1. The first-order chi connectivity index (χ1) is 17.1. The van der Waals surface area contributed by atoms with Crippen LogP contribution in [0.25, 0.3) is 11.2 Å². The first-order valence-corrected chi connectivity index (χ1v) is 12.7. The molecule has 2 amide bonds. The normalized spacial score (nSPS) is 13.7. The lowest BCUT2D eigenvalue weighted by Crippen LogP contribution is -2.51. The highest BCUT2D eigenvalue weighted by molar-refractivity contribution is 7.98. The van der Waals surface area contributed by atoms with Gasteiger partial charge in [-0.25, -0.2) is 14.8 Å². The Hall–Kier alpha value is -3.85. The lowest BCUT2D eigenvalue weighted by molar-refractivity contribution is 0.208. The van der Waals surface area contributed by atoms with Crippen LogP contribution in [0.2, 0.25) is 0 Å². The third-order valence-corrected chi connectivity index (χ3v) is 6.78. The Bertz CT molecular complexity index is 1400. The molecule has 178 valence electrons. The molecule has 0 radical (unpaired) electrons. The molecule has 0 unspecified atom stereocenters. The summed E-state index contributed by atoms with van der Waals surface area (Å²) < 4.78 is 1.69. The molecule has 2 aromatic heterocycles. The van der Waals surface area contributed by atoms with E-state index in [0.29, 0.717) is 49.7 Å². The molecule has 8 nitrogen and oxygen atoms in total. The number of benzene rings is 2. The Morgan fingerprint density at radius 1 is 1.00 bits per heavy atom. The minimum Gasteiger partial charge on any atom is -0.348 e. The Balaban J connectivity index is 1.34. The van der Waals surface area contributed by atoms with Gasteiger partial charge in [-0.2, -0.15) is 0 Å². The van der Waals surface area contributed by atoms with Crippen LogP contribution in [-0.2, 0) is 6.54 Å². The second kappa shape index (κ2) is 10.2. The fraction of sp³-hybridized carbons (Fsp3) is 0.231. The van der Waals surface area contributed by atoms with Gasteiger partial charge in [0, 0.05) is 43.0 Å². The Morgan fingerprint density at radius 3 is 2.57 bits per heavy atom. The van der Waals surface area contributed by atoms with Crippen LogP contribution in [0, 0.1) is 0 Å². The number of aromatic nitrogens is 3. The van der Waals surface area contributed by atoms with Gasteiger partial charge in [-0.1, -0.05) is 36.4 Å². The predicted octanol–water partition coefficient (Wildman–Crippen LogP) is 3.92. The number of nitrogens with zero attached hydrogens (tertiary/aromatic N) is 5. The van der Waals surface area contributed by atoms with Crippen molar-refractivity contribution in [1.29, 1.82) is 0 Å². The number of hydrogen-bond acceptors (Lipinski definition) is 6. The lowest BCUT2D eigenvalue weighted by atomic mass is 10.2. The molecule has 9 heteroatoms. The van der Waals surface area contributed by atoms with Crippen molar-refractivity contribution in [2.75, 3.05) is 42.7 Å². The van der Waals surface area contributed by atoms with E-state index in [4.69, 9.17) is 0 Å². The third-order valence-electron chi connectivity index (χ3n) is 6.06. The van der Waals surface area contributed by atoms with Gasteiger partial charge >= 0.3 is 6.03 Å². The molecule has 0 spiro atoms. The maximum Gasteiger partial charge on any atom is 0.321 e. The molecule has 0 aliphatic carbocycles. The molecule has 0 saturated carbocycles. The van der Waals surface area contributed by atoms with E-state index in [1.165, 1.54) is 0 Å². The first-order valence-electron chi connectivity index (χ1n) is 11.5. The number of pyridine rings is 1. The lowest BCUT2D eigenvalue weighted by Gasteiger charge is -2.35. The van der Waals surface area contributed by atoms with Crippen LogP contribution in [0.4, 0.5) is 16.3 Å². The topological polar surface area (TPSA) is 83.4 Å². The Labute approximate surface area is 207 Å². The predicted molar refractivity (Wildman–Crippen MR) is 140 cm³/mol. The molecular formula is C26H26N6O2S. The Kier molecular flexibility index (Phi) is 6.67. The zero-order chi connectivity index (χ0) is 24.2. The standard InChI is InChI=1S/C26H26N6O2S/c1-35-21-10-5-9-20(17-21)28-26(34)31-15-13-30(14-16-31)24-25(33)32(18-19-7-3-2-4-8-19)23-22(29-24)11-6-12-27-23/h2-12,17H,13-16,18H2,1H3,(H,28,34). The second-order valence-corrected chi connectivity index (χ2v) is 9.17. The summed E-state index contributed by atoms with van der Waals surface area (Å²) in [5.41, 5.74) is 2.86. The Morgan fingerprint density at radius 2 is 1.80 bits per heavy atom. The van der Waals surface area contributed by atoms with E-state index in [-0.39, 0.29) is 11.6 Å². The minimum atomic E-state index is -0.174. The largest absolute Gasteiger partial charge is 0.348 e. The molecular weight excluding hydrogens is 460 g/mol. The van der Waals surface area contributed by atoms with Crippen LogP contribution in [-0.4, -0.2) is 57.9 Å². The number of carbonyl (C=O) groups excluding carboxylic acids is 1. The monoisotopic (exact) mass is 486 g/mol. The van der Waals surface area contributed by atoms with Crippen molar-refractivity contribution < 1.29 is 4.79 Å². The summed E-state index contributed by atoms with van der Waals surface area (Å²) in [6, 6.07) is 21.2. The van der Waals surface area contributed by atoms with E-state index >= 15 is 0 Å². The van der Waals surface area contributed by atoms with Gasteiger partial charge in [0.05, 0.1) is 6.54 Å². The summed E-state index contributed by atoms with van der Waals surface area (Å²) in [4.78, 5) is 40.3. The van der Waals surface area contributed by atoms with Crippen molar-refractivity contribution in [3.8, 4) is 0 Å². The van der Waals surface area contributed by atoms with Crippen molar-refractivity contribution in [1.82, 2.24) is 19.4 Å². The molecule has 1 saturated heterocycles. The van der Waals surface area contributed by atoms with Crippen LogP contribution in [0.15, 0.2) is 82.6 Å². The van der Waals surface area contributed by atoms with Crippen LogP contribution >= 0.6 is 11.8 Å². The van der Waals surface area contributed by atoms with Crippen molar-refractivity contribution in [2.45, 2.75) is 11.4 Å². The van der Waals surface area contributed by atoms with E-state index in [9.17, 15) is 9.59 Å². The number of urea groups is 1. The average Bonchev–Trinajstić information content (AvgIpc) is 2.91. The van der Waals surface area contributed by atoms with Gasteiger partial charge in [0.1, 0.15) is 5.52 Å². The number of anilines is 2. The van der Waals surface area contributed by atoms with E-state index in [0.717, 1.165) is 16.1 Å². The molecule has 4 aromatic rings. The first kappa shape index (κ1) is 22.9. The summed E-state index contributed by atoms with van der Waals surface area (Å²) in [6.07, 6.45) is 3.68. The molecule has 1 fully saturated rings. The van der Waals surface area contributed by atoms with Crippen molar-refractivity contribution in [2.24, 2.45) is 0 Å². The highest BCUT2D eigenvalue weighted by atomic mass is 32.2. The van der Waals surface area contributed by atoms with E-state index in [1.807, 2.05) is 77.9 Å². The van der Waals surface area contributed by atoms with E-state index < -0.39 is 0 Å². The zero-order valence-corrected chi connectivity index (χ0v) is 20.2. The number of rotatable bonds is 5. The fourth-order valence-electron chi connectivity index (χ4n) is 4.21. The van der Waals surface area contributed by atoms with Gasteiger partial charge in [-0.15, -0.1) is 11.8 Å². The van der Waals surface area contributed by atoms with Crippen molar-refractivity contribution >= 4 is 40.5 Å². The summed E-state index contributed by atoms with van der Waals surface area (Å²) in [7, 11) is 0. The number of hydrogen-bond donors (Lipinski definition) is 1. The number of carbonyl (C=O) groups is 1. The van der Waals surface area contributed by atoms with Crippen LogP contribution in [0.3, 0.4) is 0 Å². The van der Waals surface area contributed by atoms with E-state index in [1.54, 1.807) is 27.4 Å². The number of thioether (sulfide) groups is 1. The van der Waals surface area contributed by atoms with Crippen LogP contribution in [0.1, 0.15) is 5.56 Å². The molecule has 1 aliphatic heterocycles. The van der Waals surface area contributed by atoms with Gasteiger partial charge in [0.25, 0.3) is 5.56 Å². The smallest absolute Gasteiger partial charge is 0.321 e. The molecule has 35 heavy (non-hydrogen) atoms. The van der Waals surface area contributed by atoms with E-state index in [2.05, 4.69) is 15.3 Å². The molecule has 0 bridgehead atoms. The highest BCUT2D eigenvalue weighted by Crippen LogP contribution is 2.20. The quantitative estimate of drug-likeness (QED) is 0.431. The minimum absolute atomic E-state index is 0.139. The van der Waals surface area contributed by atoms with Crippen LogP contribution in [0.5, 0.6) is 0 Å². The van der Waals surface area contributed by atoms with Crippen molar-refractivity contribution in [3.05, 3.63) is 88.8 Å². The average molecular weight is 487 g/mol. The molecule has 3 heterocycles. The van der Waals surface area contributed by atoms with Gasteiger partial charge < -0.3 is 15.1 Å². The maximum atomic E-state index is 13.5. The van der Waals surface area contributed by atoms with Gasteiger partial charge in [-0.05, 0) is 42.2 Å². The molecule has 0 atom stereocenters. The van der Waals surface area contributed by atoms with Gasteiger partial charge in [0.2, 0.25) is 0 Å². The number of amides is 2. The highest BCUT2D eigenvalue weighted by Gasteiger charge is 2.25. The van der Waals surface area contributed by atoms with Gasteiger partial charge in [0.15, 0.2) is 11.5 Å². The molecule has 5 rings (SSSR count). The number of fused-ring (bicyclic) bond motifs is 1. The van der Waals surface area contributed by atoms with Crippen molar-refractivity contribution in [3.63, 3.8) is 0 Å². The van der Waals surface area contributed by atoms with Crippen LogP contribution < -0.4 is 15.8 Å². The number of nitrogens with one attached hydrogen (secondary N) is 1. The molecule has 1 N–H and O–H groups in total. The third kappa shape index (κ3) is 5.00. The molecule has 2 aromatic carbocycles. The van der Waals surface area contributed by atoms with Gasteiger partial charge in [-0.3, -0.25) is 9.36 Å². The second-order valence-electron chi connectivity index (χ2n) is 8.29. The summed E-state index contributed by atoms with van der Waals surface area (Å²) in [5.74, 6) is 0.397. The summed E-state index contributed by atoms with van der Waals surface area (Å²) in [6.45, 7) is 2.47. The maximum absolute atomic E-state index is 13.5.